The molecule has 1 aromatic heterocycles. The Bertz CT molecular complexity index is 1060. The summed E-state index contributed by atoms with van der Waals surface area (Å²) in [5.41, 5.74) is 4.81. The van der Waals surface area contributed by atoms with Crippen LogP contribution in [0.3, 0.4) is 0 Å². The van der Waals surface area contributed by atoms with Gasteiger partial charge in [-0.15, -0.1) is 0 Å². The molecule has 1 aliphatic rings. The van der Waals surface area contributed by atoms with E-state index in [1.54, 1.807) is 0 Å². The van der Waals surface area contributed by atoms with Crippen LogP contribution in [0.4, 0.5) is 17.1 Å². The third-order valence-corrected chi connectivity index (χ3v) is 5.65. The molecular weight excluding hydrogens is 336 g/mol. The molecule has 0 atom stereocenters. The van der Waals surface area contributed by atoms with Crippen LogP contribution in [0.25, 0.3) is 5.69 Å². The van der Waals surface area contributed by atoms with Gasteiger partial charge in [0.1, 0.15) is 0 Å². The van der Waals surface area contributed by atoms with Gasteiger partial charge in [-0.2, -0.15) is 4.57 Å². The highest BCUT2D eigenvalue weighted by atomic mass is 32.2. The molecule has 4 aromatic rings. The second-order valence-electron chi connectivity index (χ2n) is 6.18. The molecule has 0 amide bonds. The van der Waals surface area contributed by atoms with Crippen molar-refractivity contribution in [2.45, 2.75) is 9.79 Å². The van der Waals surface area contributed by atoms with Crippen molar-refractivity contribution in [1.29, 1.82) is 0 Å². The van der Waals surface area contributed by atoms with Crippen molar-refractivity contribution < 1.29 is 4.57 Å². The van der Waals surface area contributed by atoms with Crippen molar-refractivity contribution in [2.24, 2.45) is 0 Å². The van der Waals surface area contributed by atoms with Gasteiger partial charge in [-0.3, -0.25) is 0 Å². The first-order valence-electron chi connectivity index (χ1n) is 8.63. The Balaban J connectivity index is 1.69. The maximum atomic E-state index is 2.35. The molecule has 0 aliphatic carbocycles. The van der Waals surface area contributed by atoms with Crippen molar-refractivity contribution >= 4 is 28.8 Å². The van der Waals surface area contributed by atoms with Crippen LogP contribution < -0.4 is 9.47 Å². The molecule has 2 nitrogen and oxygen atoms in total. The first-order chi connectivity index (χ1) is 12.9. The highest BCUT2D eigenvalue weighted by molar-refractivity contribution is 7.99. The average molecular weight is 353 g/mol. The summed E-state index contributed by atoms with van der Waals surface area (Å²) < 4.78 is 2.15. The molecule has 0 saturated carbocycles. The fraction of sp³-hybridized carbons (Fsp3) is 0. The average Bonchev–Trinajstić information content (AvgIpc) is 2.73. The van der Waals surface area contributed by atoms with E-state index in [0.717, 1.165) is 0 Å². The zero-order chi connectivity index (χ0) is 17.3. The quantitative estimate of drug-likeness (QED) is 0.365. The summed E-state index contributed by atoms with van der Waals surface area (Å²) in [6, 6.07) is 32.0. The molecule has 0 unspecified atom stereocenters. The summed E-state index contributed by atoms with van der Waals surface area (Å²) in [5.74, 6) is 0. The van der Waals surface area contributed by atoms with Crippen LogP contribution in [0.5, 0.6) is 0 Å². The zero-order valence-electron chi connectivity index (χ0n) is 14.1. The second-order valence-corrected chi connectivity index (χ2v) is 7.26. The number of hydrogen-bond donors (Lipinski definition) is 0. The zero-order valence-corrected chi connectivity index (χ0v) is 14.9. The van der Waals surface area contributed by atoms with Gasteiger partial charge in [-0.25, -0.2) is 0 Å². The number of para-hydroxylation sites is 2. The van der Waals surface area contributed by atoms with Crippen LogP contribution in [0.2, 0.25) is 0 Å². The molecule has 2 heterocycles. The number of rotatable bonds is 2. The molecule has 0 saturated heterocycles. The molecule has 0 spiro atoms. The summed E-state index contributed by atoms with van der Waals surface area (Å²) in [6.07, 6.45) is 4.16. The molecule has 5 rings (SSSR count). The molecule has 3 aromatic carbocycles. The molecule has 1 aliphatic heterocycles. The number of aromatic nitrogens is 1. The fourth-order valence-corrected chi connectivity index (χ4v) is 4.42. The Kier molecular flexibility index (Phi) is 3.72. The third kappa shape index (κ3) is 2.57. The monoisotopic (exact) mass is 353 g/mol. The fourth-order valence-electron chi connectivity index (χ4n) is 3.33. The van der Waals surface area contributed by atoms with E-state index in [2.05, 4.69) is 107 Å². The van der Waals surface area contributed by atoms with Gasteiger partial charge in [0.15, 0.2) is 12.4 Å². The van der Waals surface area contributed by atoms with Gasteiger partial charge in [-0.05, 0) is 30.3 Å². The highest BCUT2D eigenvalue weighted by Gasteiger charge is 2.25. The Morgan fingerprint density at radius 1 is 0.615 bits per heavy atom. The Hall–Kier alpha value is -3.04. The predicted octanol–water partition coefficient (Wildman–Crippen LogP) is 5.90. The molecule has 26 heavy (non-hydrogen) atoms. The second kappa shape index (κ2) is 6.36. The van der Waals surface area contributed by atoms with Crippen LogP contribution in [0.1, 0.15) is 0 Å². The lowest BCUT2D eigenvalue weighted by molar-refractivity contribution is -0.595. The molecule has 0 bridgehead atoms. The van der Waals surface area contributed by atoms with Crippen LogP contribution in [-0.2, 0) is 0 Å². The van der Waals surface area contributed by atoms with Gasteiger partial charge >= 0.3 is 0 Å². The van der Waals surface area contributed by atoms with Crippen molar-refractivity contribution in [3.05, 3.63) is 103 Å². The first-order valence-corrected chi connectivity index (χ1v) is 9.44. The number of nitrogens with zero attached hydrogens (tertiary/aromatic N) is 2. The lowest BCUT2D eigenvalue weighted by Crippen LogP contribution is -2.29. The molecule has 0 N–H and O–H groups in total. The number of pyridine rings is 1. The van der Waals surface area contributed by atoms with E-state index in [-0.39, 0.29) is 0 Å². The van der Waals surface area contributed by atoms with Crippen LogP contribution in [0.15, 0.2) is 113 Å². The lowest BCUT2D eigenvalue weighted by atomic mass is 10.1. The molecule has 3 heteroatoms. The molecule has 0 radical (unpaired) electrons. The Morgan fingerprint density at radius 3 is 2.15 bits per heavy atom. The van der Waals surface area contributed by atoms with E-state index < -0.39 is 0 Å². The van der Waals surface area contributed by atoms with E-state index in [1.165, 1.54) is 32.5 Å². The summed E-state index contributed by atoms with van der Waals surface area (Å²) in [4.78, 5) is 4.89. The summed E-state index contributed by atoms with van der Waals surface area (Å²) in [5, 5.41) is 0. The van der Waals surface area contributed by atoms with E-state index in [0.29, 0.717) is 0 Å². The Morgan fingerprint density at radius 2 is 1.31 bits per heavy atom. The van der Waals surface area contributed by atoms with Crippen LogP contribution >= 0.6 is 11.8 Å². The van der Waals surface area contributed by atoms with Crippen molar-refractivity contribution in [1.82, 2.24) is 0 Å². The summed E-state index contributed by atoms with van der Waals surface area (Å²) in [6.45, 7) is 0. The van der Waals surface area contributed by atoms with Gasteiger partial charge < -0.3 is 4.90 Å². The topological polar surface area (TPSA) is 7.12 Å². The molecular formula is C23H17N2S+. The van der Waals surface area contributed by atoms with Crippen molar-refractivity contribution in [3.8, 4) is 5.69 Å². The molecule has 124 valence electrons. The van der Waals surface area contributed by atoms with E-state index in [1.807, 2.05) is 17.8 Å². The highest BCUT2D eigenvalue weighted by Crippen LogP contribution is 2.51. The van der Waals surface area contributed by atoms with Gasteiger partial charge in [0.2, 0.25) is 5.69 Å². The van der Waals surface area contributed by atoms with Crippen LogP contribution in [-0.4, -0.2) is 0 Å². The predicted molar refractivity (Wildman–Crippen MR) is 107 cm³/mol. The normalized spacial score (nSPS) is 12.4. The minimum absolute atomic E-state index is 1.17. The number of anilines is 3. The SMILES string of the molecule is c1ccc(N2c3ccccc3Sc3cc(-[n+]4ccccc4)ccc32)cc1. The minimum Gasteiger partial charge on any atom is -0.308 e. The Labute approximate surface area is 157 Å². The van der Waals surface area contributed by atoms with Gasteiger partial charge in [-0.1, -0.05) is 48.2 Å². The number of fused-ring (bicyclic) bond motifs is 2. The van der Waals surface area contributed by atoms with E-state index >= 15 is 0 Å². The number of benzene rings is 3. The smallest absolute Gasteiger partial charge is 0.211 e. The minimum atomic E-state index is 1.17. The van der Waals surface area contributed by atoms with Crippen molar-refractivity contribution in [2.75, 3.05) is 4.90 Å². The standard InChI is InChI=1S/C23H17N2S/c1-3-9-18(10-4-1)25-20-11-5-6-12-22(20)26-23-17-19(13-14-21(23)25)24-15-7-2-8-16-24/h1-17H/q+1. The first kappa shape index (κ1) is 15.2. The van der Waals surface area contributed by atoms with E-state index in [4.69, 9.17) is 0 Å². The van der Waals surface area contributed by atoms with Gasteiger partial charge in [0.25, 0.3) is 0 Å². The van der Waals surface area contributed by atoms with Crippen LogP contribution in [0, 0.1) is 0 Å². The number of hydrogen-bond acceptors (Lipinski definition) is 2. The largest absolute Gasteiger partial charge is 0.308 e. The molecule has 0 fully saturated rings. The summed E-state index contributed by atoms with van der Waals surface area (Å²) >= 11 is 1.83. The maximum absolute atomic E-state index is 2.35. The van der Waals surface area contributed by atoms with Gasteiger partial charge in [0.05, 0.1) is 11.4 Å². The summed E-state index contributed by atoms with van der Waals surface area (Å²) in [7, 11) is 0. The lowest BCUT2D eigenvalue weighted by Gasteiger charge is -2.32. The van der Waals surface area contributed by atoms with Crippen molar-refractivity contribution in [3.63, 3.8) is 0 Å². The van der Waals surface area contributed by atoms with E-state index in [9.17, 15) is 0 Å². The third-order valence-electron chi connectivity index (χ3n) is 4.54. The maximum Gasteiger partial charge on any atom is 0.211 e. The van der Waals surface area contributed by atoms with Gasteiger partial charge in [0, 0.05) is 39.7 Å².